The summed E-state index contributed by atoms with van der Waals surface area (Å²) in [6.07, 6.45) is 6.12. The Hall–Kier alpha value is -0.180. The van der Waals surface area contributed by atoms with E-state index in [9.17, 15) is 5.11 Å². The Labute approximate surface area is 125 Å². The summed E-state index contributed by atoms with van der Waals surface area (Å²) in [7, 11) is 0. The summed E-state index contributed by atoms with van der Waals surface area (Å²) >= 11 is 7.60. The van der Waals surface area contributed by atoms with Crippen molar-refractivity contribution in [3.8, 4) is 0 Å². The first-order valence-corrected chi connectivity index (χ1v) is 8.61. The predicted molar refractivity (Wildman–Crippen MR) is 83.9 cm³/mol. The van der Waals surface area contributed by atoms with Crippen molar-refractivity contribution < 1.29 is 5.11 Å². The number of aliphatic hydroxyl groups is 1. The molecule has 19 heavy (non-hydrogen) atoms. The van der Waals surface area contributed by atoms with Crippen molar-refractivity contribution in [2.75, 3.05) is 5.75 Å². The van der Waals surface area contributed by atoms with Gasteiger partial charge in [-0.15, -0.1) is 11.8 Å². The van der Waals surface area contributed by atoms with E-state index in [1.54, 1.807) is 11.8 Å². The van der Waals surface area contributed by atoms with Crippen LogP contribution in [0.3, 0.4) is 0 Å². The number of benzene rings is 1. The zero-order valence-electron chi connectivity index (χ0n) is 11.5. The van der Waals surface area contributed by atoms with Gasteiger partial charge in [0.05, 0.1) is 6.10 Å². The molecule has 1 aromatic carbocycles. The molecule has 0 amide bonds. The van der Waals surface area contributed by atoms with Crippen LogP contribution >= 0.6 is 23.4 Å². The van der Waals surface area contributed by atoms with Crippen molar-refractivity contribution in [2.45, 2.75) is 50.0 Å². The Balaban J connectivity index is 1.80. The van der Waals surface area contributed by atoms with E-state index in [-0.39, 0.29) is 6.10 Å². The fraction of sp³-hybridized carbons (Fsp3) is 0.625. The first-order valence-electron chi connectivity index (χ1n) is 7.25. The molecular weight excluding hydrogens is 276 g/mol. The van der Waals surface area contributed by atoms with E-state index < -0.39 is 0 Å². The van der Waals surface area contributed by atoms with Gasteiger partial charge < -0.3 is 5.11 Å². The third-order valence-electron chi connectivity index (χ3n) is 4.18. The second kappa shape index (κ2) is 7.56. The van der Waals surface area contributed by atoms with Crippen LogP contribution in [0.25, 0.3) is 0 Å². The van der Waals surface area contributed by atoms with E-state index in [2.05, 4.69) is 6.92 Å². The molecule has 1 saturated carbocycles. The first-order chi connectivity index (χ1) is 9.19. The van der Waals surface area contributed by atoms with Gasteiger partial charge in [0.25, 0.3) is 0 Å². The average molecular weight is 299 g/mol. The molecule has 2 rings (SSSR count). The highest BCUT2D eigenvalue weighted by Crippen LogP contribution is 2.34. The molecule has 0 heterocycles. The molecule has 3 atom stereocenters. The molecule has 0 spiro atoms. The number of halogens is 1. The van der Waals surface area contributed by atoms with Crippen molar-refractivity contribution in [1.82, 2.24) is 0 Å². The van der Waals surface area contributed by atoms with Gasteiger partial charge in [-0.1, -0.05) is 37.8 Å². The van der Waals surface area contributed by atoms with Gasteiger partial charge in [-0.25, -0.2) is 0 Å². The van der Waals surface area contributed by atoms with Crippen molar-refractivity contribution in [3.05, 3.63) is 29.3 Å². The van der Waals surface area contributed by atoms with Gasteiger partial charge in [0.2, 0.25) is 0 Å². The van der Waals surface area contributed by atoms with Crippen molar-refractivity contribution in [2.24, 2.45) is 11.8 Å². The summed E-state index contributed by atoms with van der Waals surface area (Å²) in [6.45, 7) is 2.27. The summed E-state index contributed by atoms with van der Waals surface area (Å²) in [6, 6.07) is 7.86. The monoisotopic (exact) mass is 298 g/mol. The maximum absolute atomic E-state index is 10.4. The normalized spacial score (nSPS) is 25.2. The molecule has 1 aliphatic rings. The van der Waals surface area contributed by atoms with Crippen molar-refractivity contribution >= 4 is 23.4 Å². The fourth-order valence-corrected chi connectivity index (χ4v) is 3.99. The molecule has 1 N–H and O–H groups in total. The molecule has 0 saturated heterocycles. The Kier molecular flexibility index (Phi) is 6.06. The van der Waals surface area contributed by atoms with Gasteiger partial charge in [0.15, 0.2) is 0 Å². The average Bonchev–Trinajstić information content (AvgIpc) is 2.46. The Bertz CT molecular complexity index is 379. The quantitative estimate of drug-likeness (QED) is 0.771. The van der Waals surface area contributed by atoms with E-state index in [0.29, 0.717) is 5.92 Å². The molecular formula is C16H23ClOS. The number of thioether (sulfide) groups is 1. The maximum Gasteiger partial charge on any atom is 0.0662 e. The fourth-order valence-electron chi connectivity index (χ4n) is 2.90. The minimum Gasteiger partial charge on any atom is -0.392 e. The summed E-state index contributed by atoms with van der Waals surface area (Å²) in [5.41, 5.74) is 0. The molecule has 106 valence electrons. The van der Waals surface area contributed by atoms with Crippen LogP contribution in [0.15, 0.2) is 29.2 Å². The van der Waals surface area contributed by atoms with Gasteiger partial charge in [-0.05, 0) is 48.9 Å². The second-order valence-corrected chi connectivity index (χ2v) is 7.06. The molecule has 3 heteroatoms. The van der Waals surface area contributed by atoms with Gasteiger partial charge in [-0.2, -0.15) is 0 Å². The summed E-state index contributed by atoms with van der Waals surface area (Å²) < 4.78 is 0. The van der Waals surface area contributed by atoms with Crippen LogP contribution in [-0.2, 0) is 0 Å². The Morgan fingerprint density at radius 2 is 2.05 bits per heavy atom. The molecule has 1 aliphatic carbocycles. The molecule has 0 aromatic heterocycles. The lowest BCUT2D eigenvalue weighted by molar-refractivity contribution is 0.0862. The van der Waals surface area contributed by atoms with E-state index in [0.717, 1.165) is 16.7 Å². The van der Waals surface area contributed by atoms with Crippen LogP contribution in [0.5, 0.6) is 0 Å². The Morgan fingerprint density at radius 3 is 2.74 bits per heavy atom. The molecule has 1 nitrogen and oxygen atoms in total. The standard InChI is InChI=1S/C16H23ClOS/c1-2-12-4-3-5-13(10-12)16(18)11-19-15-8-6-14(17)7-9-15/h6-9,12-13,16,18H,2-5,10-11H2,1H3. The topological polar surface area (TPSA) is 20.2 Å². The lowest BCUT2D eigenvalue weighted by atomic mass is 9.78. The van der Waals surface area contributed by atoms with Gasteiger partial charge in [0, 0.05) is 15.7 Å². The summed E-state index contributed by atoms with van der Waals surface area (Å²) in [5, 5.41) is 11.1. The zero-order valence-corrected chi connectivity index (χ0v) is 13.1. The third-order valence-corrected chi connectivity index (χ3v) is 5.54. The van der Waals surface area contributed by atoms with Crippen LogP contribution in [0.2, 0.25) is 5.02 Å². The van der Waals surface area contributed by atoms with E-state index in [1.165, 1.54) is 37.0 Å². The van der Waals surface area contributed by atoms with Gasteiger partial charge in [0.1, 0.15) is 0 Å². The number of aliphatic hydroxyl groups excluding tert-OH is 1. The van der Waals surface area contributed by atoms with Gasteiger partial charge >= 0.3 is 0 Å². The minimum atomic E-state index is -0.171. The predicted octanol–water partition coefficient (Wildman–Crippen LogP) is 5.01. The van der Waals surface area contributed by atoms with Crippen molar-refractivity contribution in [3.63, 3.8) is 0 Å². The molecule has 1 aromatic rings. The van der Waals surface area contributed by atoms with Crippen molar-refractivity contribution in [1.29, 1.82) is 0 Å². The highest BCUT2D eigenvalue weighted by Gasteiger charge is 2.26. The molecule has 0 radical (unpaired) electrons. The molecule has 3 unspecified atom stereocenters. The number of rotatable bonds is 5. The third kappa shape index (κ3) is 4.70. The van der Waals surface area contributed by atoms with Crippen LogP contribution in [0, 0.1) is 11.8 Å². The second-order valence-electron chi connectivity index (χ2n) is 5.53. The number of hydrogen-bond donors (Lipinski definition) is 1. The maximum atomic E-state index is 10.4. The van der Waals surface area contributed by atoms with Gasteiger partial charge in [-0.3, -0.25) is 0 Å². The van der Waals surface area contributed by atoms with E-state index in [1.807, 2.05) is 24.3 Å². The van der Waals surface area contributed by atoms with Crippen LogP contribution in [0.4, 0.5) is 0 Å². The van der Waals surface area contributed by atoms with Crippen LogP contribution < -0.4 is 0 Å². The molecule has 0 aliphatic heterocycles. The van der Waals surface area contributed by atoms with Crippen LogP contribution in [0.1, 0.15) is 39.0 Å². The Morgan fingerprint density at radius 1 is 1.32 bits per heavy atom. The lowest BCUT2D eigenvalue weighted by Gasteiger charge is -2.31. The smallest absolute Gasteiger partial charge is 0.0662 e. The SMILES string of the molecule is CCC1CCCC(C(O)CSc2ccc(Cl)cc2)C1. The highest BCUT2D eigenvalue weighted by atomic mass is 35.5. The van der Waals surface area contributed by atoms with Crippen LogP contribution in [-0.4, -0.2) is 17.0 Å². The minimum absolute atomic E-state index is 0.171. The number of hydrogen-bond acceptors (Lipinski definition) is 2. The first kappa shape index (κ1) is 15.2. The summed E-state index contributed by atoms with van der Waals surface area (Å²) in [5.74, 6) is 2.12. The largest absolute Gasteiger partial charge is 0.392 e. The zero-order chi connectivity index (χ0) is 13.7. The van der Waals surface area contributed by atoms with E-state index >= 15 is 0 Å². The molecule has 1 fully saturated rings. The lowest BCUT2D eigenvalue weighted by Crippen LogP contribution is -2.28. The van der Waals surface area contributed by atoms with E-state index in [4.69, 9.17) is 11.6 Å². The summed E-state index contributed by atoms with van der Waals surface area (Å²) in [4.78, 5) is 1.19. The molecule has 0 bridgehead atoms. The highest BCUT2D eigenvalue weighted by molar-refractivity contribution is 7.99.